The first-order chi connectivity index (χ1) is 15.0. The van der Waals surface area contributed by atoms with Gasteiger partial charge in [0.05, 0.1) is 11.1 Å². The number of carbonyl (C=O) groups excluding carboxylic acids is 4. The Morgan fingerprint density at radius 2 is 1.45 bits per heavy atom. The summed E-state index contributed by atoms with van der Waals surface area (Å²) in [6.07, 6.45) is 2.09. The lowest BCUT2D eigenvalue weighted by Crippen LogP contribution is -2.46. The van der Waals surface area contributed by atoms with E-state index in [-0.39, 0.29) is 42.6 Å². The molecule has 2 aliphatic heterocycles. The van der Waals surface area contributed by atoms with Crippen LogP contribution in [-0.2, 0) is 4.79 Å². The Hall–Kier alpha value is -3.48. The summed E-state index contributed by atoms with van der Waals surface area (Å²) in [6.45, 7) is 1.44. The number of nitrogens with one attached hydrogen (secondary N) is 1. The molecule has 2 heterocycles. The van der Waals surface area contributed by atoms with Crippen LogP contribution in [0.3, 0.4) is 0 Å². The number of fused-ring (bicyclic) bond motifs is 1. The maximum Gasteiger partial charge on any atom is 0.261 e. The predicted molar refractivity (Wildman–Crippen MR) is 115 cm³/mol. The van der Waals surface area contributed by atoms with Crippen molar-refractivity contribution in [1.29, 1.82) is 0 Å². The first-order valence-electron chi connectivity index (χ1n) is 10.6. The highest BCUT2D eigenvalue weighted by molar-refractivity contribution is 6.21. The van der Waals surface area contributed by atoms with Crippen molar-refractivity contribution in [2.24, 2.45) is 0 Å². The van der Waals surface area contributed by atoms with Crippen molar-refractivity contribution in [3.8, 4) is 0 Å². The van der Waals surface area contributed by atoms with Gasteiger partial charge in [0.25, 0.3) is 17.7 Å². The summed E-state index contributed by atoms with van der Waals surface area (Å²) >= 11 is 0. The largest absolute Gasteiger partial charge is 0.353 e. The molecule has 7 nitrogen and oxygen atoms in total. The highest BCUT2D eigenvalue weighted by atomic mass is 16.2. The molecule has 160 valence electrons. The molecule has 1 saturated heterocycles. The zero-order chi connectivity index (χ0) is 21.8. The average molecular weight is 419 g/mol. The molecule has 0 unspecified atom stereocenters. The summed E-state index contributed by atoms with van der Waals surface area (Å²) in [7, 11) is 0. The van der Waals surface area contributed by atoms with Crippen molar-refractivity contribution >= 4 is 23.6 Å². The minimum absolute atomic E-state index is 0.0197. The van der Waals surface area contributed by atoms with Gasteiger partial charge in [-0.25, -0.2) is 0 Å². The number of hydrogen-bond donors (Lipinski definition) is 1. The van der Waals surface area contributed by atoms with Crippen LogP contribution in [0.5, 0.6) is 0 Å². The van der Waals surface area contributed by atoms with E-state index < -0.39 is 0 Å². The Labute approximate surface area is 181 Å². The molecule has 0 atom stereocenters. The monoisotopic (exact) mass is 419 g/mol. The zero-order valence-corrected chi connectivity index (χ0v) is 17.3. The lowest BCUT2D eigenvalue weighted by molar-refractivity contribution is -0.122. The number of carbonyl (C=O) groups is 4. The number of amides is 4. The maximum absolute atomic E-state index is 12.5. The number of benzene rings is 2. The lowest BCUT2D eigenvalue weighted by Gasteiger charge is -2.32. The van der Waals surface area contributed by atoms with Gasteiger partial charge in [0.15, 0.2) is 0 Å². The molecule has 2 aromatic rings. The quantitative estimate of drug-likeness (QED) is 0.729. The lowest BCUT2D eigenvalue weighted by atomic mass is 10.0. The topological polar surface area (TPSA) is 86.8 Å². The van der Waals surface area contributed by atoms with E-state index in [2.05, 4.69) is 5.32 Å². The third kappa shape index (κ3) is 4.50. The Kier molecular flexibility index (Phi) is 6.11. The van der Waals surface area contributed by atoms with Crippen molar-refractivity contribution < 1.29 is 19.2 Å². The third-order valence-electron chi connectivity index (χ3n) is 5.83. The fraction of sp³-hybridized carbons (Fsp3) is 0.333. The van der Waals surface area contributed by atoms with Crippen molar-refractivity contribution in [3.63, 3.8) is 0 Å². The van der Waals surface area contributed by atoms with Crippen LogP contribution in [-0.4, -0.2) is 59.1 Å². The molecular weight excluding hydrogens is 394 g/mol. The van der Waals surface area contributed by atoms with Gasteiger partial charge in [-0.05, 0) is 43.5 Å². The number of nitrogens with zero attached hydrogens (tertiary/aromatic N) is 2. The molecule has 4 rings (SSSR count). The highest BCUT2D eigenvalue weighted by Crippen LogP contribution is 2.22. The van der Waals surface area contributed by atoms with Crippen LogP contribution in [0, 0.1) is 0 Å². The smallest absolute Gasteiger partial charge is 0.261 e. The van der Waals surface area contributed by atoms with E-state index in [1.165, 1.54) is 4.90 Å². The Bertz CT molecular complexity index is 962. The van der Waals surface area contributed by atoms with Gasteiger partial charge in [-0.15, -0.1) is 0 Å². The fourth-order valence-electron chi connectivity index (χ4n) is 4.13. The molecule has 31 heavy (non-hydrogen) atoms. The molecule has 7 heteroatoms. The second-order valence-electron chi connectivity index (χ2n) is 7.91. The first-order valence-corrected chi connectivity index (χ1v) is 10.6. The van der Waals surface area contributed by atoms with E-state index in [9.17, 15) is 19.2 Å². The standard InChI is InChI=1S/C24H25N3O4/c28-21(11-6-14-27-23(30)19-9-4-5-10-20(19)24(27)31)25-18-12-15-26(16-13-18)22(29)17-7-2-1-3-8-17/h1-5,7-10,18H,6,11-16H2,(H,25,28). The summed E-state index contributed by atoms with van der Waals surface area (Å²) in [5.74, 6) is -0.663. The van der Waals surface area contributed by atoms with Crippen molar-refractivity contribution in [2.45, 2.75) is 31.7 Å². The zero-order valence-electron chi connectivity index (χ0n) is 17.3. The van der Waals surface area contributed by atoms with Crippen LogP contribution in [0.15, 0.2) is 54.6 Å². The van der Waals surface area contributed by atoms with Crippen molar-refractivity contribution in [3.05, 3.63) is 71.3 Å². The van der Waals surface area contributed by atoms with E-state index in [1.807, 2.05) is 35.2 Å². The van der Waals surface area contributed by atoms with E-state index >= 15 is 0 Å². The van der Waals surface area contributed by atoms with Crippen LogP contribution < -0.4 is 5.32 Å². The minimum Gasteiger partial charge on any atom is -0.353 e. The molecule has 0 aromatic heterocycles. The van der Waals surface area contributed by atoms with Crippen molar-refractivity contribution in [2.75, 3.05) is 19.6 Å². The SMILES string of the molecule is O=C(CCCN1C(=O)c2ccccc2C1=O)NC1CCN(C(=O)c2ccccc2)CC1. The Balaban J connectivity index is 1.19. The van der Waals surface area contributed by atoms with Gasteiger partial charge in [0.2, 0.25) is 5.91 Å². The molecule has 4 amide bonds. The maximum atomic E-state index is 12.5. The van der Waals surface area contributed by atoms with Crippen LogP contribution in [0.1, 0.15) is 56.8 Å². The Morgan fingerprint density at radius 1 is 0.871 bits per heavy atom. The first kappa shape index (κ1) is 20.8. The van der Waals surface area contributed by atoms with Crippen LogP contribution in [0.2, 0.25) is 0 Å². The Morgan fingerprint density at radius 3 is 2.06 bits per heavy atom. The predicted octanol–water partition coefficient (Wildman–Crippen LogP) is 2.48. The molecule has 0 bridgehead atoms. The molecule has 0 aliphatic carbocycles. The molecule has 0 saturated carbocycles. The van der Waals surface area contributed by atoms with Gasteiger partial charge in [0.1, 0.15) is 0 Å². The molecule has 2 aromatic carbocycles. The van der Waals surface area contributed by atoms with Crippen molar-refractivity contribution in [1.82, 2.24) is 15.1 Å². The molecule has 0 spiro atoms. The third-order valence-corrected chi connectivity index (χ3v) is 5.83. The van der Waals surface area contributed by atoms with Gasteiger partial charge in [-0.3, -0.25) is 24.1 Å². The van der Waals surface area contributed by atoms with E-state index in [4.69, 9.17) is 0 Å². The summed E-state index contributed by atoms with van der Waals surface area (Å²) < 4.78 is 0. The molecule has 2 aliphatic rings. The molecule has 1 N–H and O–H groups in total. The second-order valence-corrected chi connectivity index (χ2v) is 7.91. The second kappa shape index (κ2) is 9.12. The minimum atomic E-state index is -0.295. The molecule has 0 radical (unpaired) electrons. The number of rotatable bonds is 6. The fourth-order valence-corrected chi connectivity index (χ4v) is 4.13. The number of imide groups is 1. The molecular formula is C24H25N3O4. The van der Waals surface area contributed by atoms with E-state index in [0.29, 0.717) is 49.0 Å². The van der Waals surface area contributed by atoms with E-state index in [1.54, 1.807) is 24.3 Å². The van der Waals surface area contributed by atoms with Crippen LogP contribution >= 0.6 is 0 Å². The van der Waals surface area contributed by atoms with Gasteiger partial charge in [-0.2, -0.15) is 0 Å². The van der Waals surface area contributed by atoms with Gasteiger partial charge >= 0.3 is 0 Å². The van der Waals surface area contributed by atoms with Crippen LogP contribution in [0.25, 0.3) is 0 Å². The average Bonchev–Trinajstić information content (AvgIpc) is 3.05. The summed E-state index contributed by atoms with van der Waals surface area (Å²) in [4.78, 5) is 52.6. The highest BCUT2D eigenvalue weighted by Gasteiger charge is 2.34. The number of hydrogen-bond acceptors (Lipinski definition) is 4. The van der Waals surface area contributed by atoms with E-state index in [0.717, 1.165) is 0 Å². The van der Waals surface area contributed by atoms with Crippen LogP contribution in [0.4, 0.5) is 0 Å². The molecule has 1 fully saturated rings. The van der Waals surface area contributed by atoms with Gasteiger partial charge in [0, 0.05) is 37.7 Å². The normalized spacial score (nSPS) is 16.4. The van der Waals surface area contributed by atoms with Gasteiger partial charge in [-0.1, -0.05) is 30.3 Å². The summed E-state index contributed by atoms with van der Waals surface area (Å²) in [5, 5.41) is 3.02. The summed E-state index contributed by atoms with van der Waals surface area (Å²) in [6, 6.07) is 16.0. The number of likely N-dealkylation sites (tertiary alicyclic amines) is 1. The van der Waals surface area contributed by atoms with Gasteiger partial charge < -0.3 is 10.2 Å². The number of piperidine rings is 1. The summed E-state index contributed by atoms with van der Waals surface area (Å²) in [5.41, 5.74) is 1.53.